The van der Waals surface area contributed by atoms with Gasteiger partial charge in [-0.1, -0.05) is 22.6 Å². The quantitative estimate of drug-likeness (QED) is 0.412. The number of carbonyl (C=O) groups is 1. The molecule has 0 amide bonds. The Labute approximate surface area is 68.1 Å². The van der Waals surface area contributed by atoms with Crippen LogP contribution in [0.2, 0.25) is 0 Å². The van der Waals surface area contributed by atoms with Crippen molar-refractivity contribution in [1.82, 2.24) is 0 Å². The van der Waals surface area contributed by atoms with Gasteiger partial charge in [0.25, 0.3) is 0 Å². The van der Waals surface area contributed by atoms with Gasteiger partial charge >= 0.3 is 5.97 Å². The second kappa shape index (κ2) is 2.86. The molecule has 0 aromatic heterocycles. The van der Waals surface area contributed by atoms with E-state index >= 15 is 0 Å². The van der Waals surface area contributed by atoms with Crippen molar-refractivity contribution < 1.29 is 9.53 Å². The van der Waals surface area contributed by atoms with Crippen LogP contribution in [0.4, 0.5) is 0 Å². The highest BCUT2D eigenvalue weighted by Crippen LogP contribution is 2.40. The monoisotopic (exact) mass is 240 g/mol. The minimum Gasteiger partial charge on any atom is -0.469 e. The molecule has 1 saturated carbocycles. The van der Waals surface area contributed by atoms with Crippen LogP contribution in [0.15, 0.2) is 0 Å². The normalized spacial score (nSPS) is 31.8. The zero-order valence-electron chi connectivity index (χ0n) is 5.26. The Morgan fingerprint density at radius 3 is 2.89 bits per heavy atom. The molecule has 0 aromatic rings. The predicted octanol–water partition coefficient (Wildman–Crippen LogP) is 1.23. The van der Waals surface area contributed by atoms with E-state index in [1.54, 1.807) is 0 Å². The van der Waals surface area contributed by atoms with Crippen LogP contribution in [0, 0.1) is 11.8 Å². The first-order valence-electron chi connectivity index (χ1n) is 2.93. The van der Waals surface area contributed by atoms with Crippen LogP contribution >= 0.6 is 22.6 Å². The molecule has 0 spiro atoms. The smallest absolute Gasteiger partial charge is 0.308 e. The molecule has 1 rings (SSSR count). The number of halogens is 1. The van der Waals surface area contributed by atoms with Gasteiger partial charge in [0.1, 0.15) is 0 Å². The van der Waals surface area contributed by atoms with Crippen LogP contribution in [0.3, 0.4) is 0 Å². The maximum atomic E-state index is 10.7. The van der Waals surface area contributed by atoms with Crippen molar-refractivity contribution in [3.8, 4) is 0 Å². The average molecular weight is 240 g/mol. The van der Waals surface area contributed by atoms with Crippen molar-refractivity contribution in [1.29, 1.82) is 0 Å². The molecule has 9 heavy (non-hydrogen) atoms. The van der Waals surface area contributed by atoms with Gasteiger partial charge in [0, 0.05) is 4.43 Å². The average Bonchev–Trinajstić information content (AvgIpc) is 2.64. The Morgan fingerprint density at radius 2 is 2.56 bits per heavy atom. The van der Waals surface area contributed by atoms with E-state index in [4.69, 9.17) is 0 Å². The molecule has 1 aliphatic carbocycles. The lowest BCUT2D eigenvalue weighted by molar-refractivity contribution is -0.142. The summed E-state index contributed by atoms with van der Waals surface area (Å²) in [5.74, 6) is 0.807. The lowest BCUT2D eigenvalue weighted by Gasteiger charge is -1.93. The fourth-order valence-corrected chi connectivity index (χ4v) is 1.83. The van der Waals surface area contributed by atoms with Gasteiger partial charge in [-0.2, -0.15) is 0 Å². The van der Waals surface area contributed by atoms with Crippen molar-refractivity contribution in [2.45, 2.75) is 6.42 Å². The van der Waals surface area contributed by atoms with Crippen LogP contribution in [-0.2, 0) is 9.53 Å². The van der Waals surface area contributed by atoms with Gasteiger partial charge in [0.15, 0.2) is 0 Å². The number of hydrogen-bond acceptors (Lipinski definition) is 2. The van der Waals surface area contributed by atoms with E-state index in [0.29, 0.717) is 5.92 Å². The third kappa shape index (κ3) is 1.56. The topological polar surface area (TPSA) is 26.3 Å². The van der Waals surface area contributed by atoms with Gasteiger partial charge in [0.2, 0.25) is 0 Å². The van der Waals surface area contributed by atoms with Crippen molar-refractivity contribution in [2.24, 2.45) is 11.8 Å². The minimum atomic E-state index is -0.0309. The fraction of sp³-hybridized carbons (Fsp3) is 0.833. The van der Waals surface area contributed by atoms with E-state index in [1.807, 2.05) is 0 Å². The lowest BCUT2D eigenvalue weighted by Crippen LogP contribution is -2.04. The molecule has 0 N–H and O–H groups in total. The second-order valence-corrected chi connectivity index (χ2v) is 3.16. The highest BCUT2D eigenvalue weighted by atomic mass is 127. The van der Waals surface area contributed by atoms with Gasteiger partial charge in [-0.3, -0.25) is 4.79 Å². The van der Waals surface area contributed by atoms with E-state index in [-0.39, 0.29) is 11.9 Å². The van der Waals surface area contributed by atoms with Crippen molar-refractivity contribution in [3.05, 3.63) is 0 Å². The first-order valence-corrected chi connectivity index (χ1v) is 4.46. The van der Waals surface area contributed by atoms with Gasteiger partial charge < -0.3 is 4.74 Å². The SMILES string of the molecule is COC(=O)[C@@H]1C[C@H]1CI. The summed E-state index contributed by atoms with van der Waals surface area (Å²) < 4.78 is 5.64. The Bertz CT molecular complexity index is 124. The van der Waals surface area contributed by atoms with E-state index in [9.17, 15) is 4.79 Å². The highest BCUT2D eigenvalue weighted by molar-refractivity contribution is 14.1. The summed E-state index contributed by atoms with van der Waals surface area (Å²) in [6.45, 7) is 0. The highest BCUT2D eigenvalue weighted by Gasteiger charge is 2.42. The van der Waals surface area contributed by atoms with E-state index < -0.39 is 0 Å². The summed E-state index contributed by atoms with van der Waals surface area (Å²) in [4.78, 5) is 10.7. The van der Waals surface area contributed by atoms with Crippen LogP contribution in [0.5, 0.6) is 0 Å². The van der Waals surface area contributed by atoms with Crippen LogP contribution in [0.25, 0.3) is 0 Å². The first-order chi connectivity index (χ1) is 4.29. The second-order valence-electron chi connectivity index (χ2n) is 2.28. The Morgan fingerprint density at radius 1 is 1.89 bits per heavy atom. The summed E-state index contributed by atoms with van der Waals surface area (Å²) >= 11 is 2.30. The molecule has 0 bridgehead atoms. The number of hydrogen-bond donors (Lipinski definition) is 0. The molecule has 0 heterocycles. The summed E-state index contributed by atoms with van der Waals surface area (Å²) in [6.07, 6.45) is 1.04. The molecule has 52 valence electrons. The number of methoxy groups -OCH3 is 1. The van der Waals surface area contributed by atoms with Gasteiger partial charge in [0.05, 0.1) is 13.0 Å². The Kier molecular flexibility index (Phi) is 2.32. The number of esters is 1. The molecule has 2 nitrogen and oxygen atoms in total. The van der Waals surface area contributed by atoms with E-state index in [2.05, 4.69) is 27.3 Å². The molecule has 0 radical (unpaired) electrons. The molecular weight excluding hydrogens is 231 g/mol. The molecule has 1 aliphatic rings. The summed E-state index contributed by atoms with van der Waals surface area (Å²) in [5, 5.41) is 0. The molecular formula is C6H9IO2. The zero-order chi connectivity index (χ0) is 6.85. The fourth-order valence-electron chi connectivity index (χ4n) is 0.858. The Hall–Kier alpha value is 0.200. The number of rotatable bonds is 2. The molecule has 0 aliphatic heterocycles. The summed E-state index contributed by atoms with van der Waals surface area (Å²) in [6, 6.07) is 0. The van der Waals surface area contributed by atoms with Gasteiger partial charge in [-0.15, -0.1) is 0 Å². The van der Waals surface area contributed by atoms with Crippen molar-refractivity contribution in [3.63, 3.8) is 0 Å². The summed E-state index contributed by atoms with van der Waals surface area (Å²) in [5.41, 5.74) is 0. The van der Waals surface area contributed by atoms with Crippen molar-refractivity contribution >= 4 is 28.6 Å². The maximum absolute atomic E-state index is 10.7. The predicted molar refractivity (Wildman–Crippen MR) is 42.5 cm³/mol. The third-order valence-electron chi connectivity index (χ3n) is 1.62. The molecule has 3 heteroatoms. The molecule has 0 aromatic carbocycles. The zero-order valence-corrected chi connectivity index (χ0v) is 7.42. The van der Waals surface area contributed by atoms with Crippen LogP contribution in [-0.4, -0.2) is 17.5 Å². The first kappa shape index (κ1) is 7.31. The van der Waals surface area contributed by atoms with Gasteiger partial charge in [-0.25, -0.2) is 0 Å². The number of alkyl halides is 1. The molecule has 2 atom stereocenters. The Balaban J connectivity index is 2.25. The number of carbonyl (C=O) groups excluding carboxylic acids is 1. The van der Waals surface area contributed by atoms with Crippen LogP contribution < -0.4 is 0 Å². The third-order valence-corrected chi connectivity index (χ3v) is 2.76. The largest absolute Gasteiger partial charge is 0.469 e. The minimum absolute atomic E-state index is 0.0309. The van der Waals surface area contributed by atoms with E-state index in [0.717, 1.165) is 10.8 Å². The van der Waals surface area contributed by atoms with Crippen LogP contribution in [0.1, 0.15) is 6.42 Å². The van der Waals surface area contributed by atoms with Crippen molar-refractivity contribution in [2.75, 3.05) is 11.5 Å². The standard InChI is InChI=1S/C6H9IO2/c1-9-6(8)5-2-4(5)3-7/h4-5H,2-3H2,1H3/t4-,5+/m0/s1. The number of ether oxygens (including phenoxy) is 1. The molecule has 0 saturated heterocycles. The summed E-state index contributed by atoms with van der Waals surface area (Å²) in [7, 11) is 1.45. The van der Waals surface area contributed by atoms with Gasteiger partial charge in [-0.05, 0) is 12.3 Å². The molecule has 0 unspecified atom stereocenters. The van der Waals surface area contributed by atoms with E-state index in [1.165, 1.54) is 7.11 Å². The lowest BCUT2D eigenvalue weighted by atomic mass is 10.3. The maximum Gasteiger partial charge on any atom is 0.308 e. The molecule has 1 fully saturated rings.